The van der Waals surface area contributed by atoms with Crippen LogP contribution in [0.1, 0.15) is 6.42 Å². The molecule has 16 heavy (non-hydrogen) atoms. The first kappa shape index (κ1) is 11.1. The van der Waals surface area contributed by atoms with E-state index >= 15 is 0 Å². The van der Waals surface area contributed by atoms with E-state index in [4.69, 9.17) is 16.3 Å². The molecule has 1 heterocycles. The Morgan fingerprint density at radius 3 is 2.88 bits per heavy atom. The maximum absolute atomic E-state index is 11.6. The van der Waals surface area contributed by atoms with Gasteiger partial charge in [-0.3, -0.25) is 4.79 Å². The van der Waals surface area contributed by atoms with Gasteiger partial charge < -0.3 is 14.7 Å². The molecule has 1 aromatic rings. The Kier molecular flexibility index (Phi) is 2.92. The number of phenols is 1. The lowest BCUT2D eigenvalue weighted by Crippen LogP contribution is -2.24. The molecule has 86 valence electrons. The van der Waals surface area contributed by atoms with Crippen molar-refractivity contribution < 1.29 is 14.6 Å². The molecular formula is C11H12ClNO3. The Balaban J connectivity index is 2.35. The summed E-state index contributed by atoms with van der Waals surface area (Å²) in [6, 6.07) is 4.77. The topological polar surface area (TPSA) is 49.8 Å². The number of phenolic OH excluding ortho intramolecular Hbond substituents is 1. The number of nitrogens with zero attached hydrogens (tertiary/aromatic N) is 1. The minimum Gasteiger partial charge on any atom is -0.506 e. The molecule has 2 rings (SSSR count). The molecule has 0 saturated carbocycles. The van der Waals surface area contributed by atoms with Crippen LogP contribution in [0.25, 0.3) is 0 Å². The second kappa shape index (κ2) is 4.22. The number of halogens is 1. The van der Waals surface area contributed by atoms with E-state index in [1.54, 1.807) is 12.1 Å². The Morgan fingerprint density at radius 2 is 2.31 bits per heavy atom. The highest BCUT2D eigenvalue weighted by molar-refractivity contribution is 6.24. The van der Waals surface area contributed by atoms with Gasteiger partial charge in [-0.15, -0.1) is 11.6 Å². The summed E-state index contributed by atoms with van der Waals surface area (Å²) in [4.78, 5) is 13.1. The Bertz CT molecular complexity index is 422. The first-order valence-electron chi connectivity index (χ1n) is 4.93. The molecular weight excluding hydrogens is 230 g/mol. The van der Waals surface area contributed by atoms with Crippen molar-refractivity contribution in [2.24, 2.45) is 0 Å². The van der Waals surface area contributed by atoms with Crippen molar-refractivity contribution in [1.82, 2.24) is 0 Å². The van der Waals surface area contributed by atoms with Crippen LogP contribution in [0.2, 0.25) is 0 Å². The largest absolute Gasteiger partial charge is 0.506 e. The number of ether oxygens (including phenoxy) is 1. The molecule has 0 radical (unpaired) electrons. The molecule has 1 atom stereocenters. The van der Waals surface area contributed by atoms with Crippen LogP contribution in [0.4, 0.5) is 5.69 Å². The first-order valence-corrected chi connectivity index (χ1v) is 5.37. The predicted molar refractivity (Wildman–Crippen MR) is 61.3 cm³/mol. The number of carbonyl (C=O) groups is 1. The summed E-state index contributed by atoms with van der Waals surface area (Å²) in [6.45, 7) is 0.418. The van der Waals surface area contributed by atoms with Gasteiger partial charge in [0.1, 0.15) is 11.5 Å². The molecule has 5 heteroatoms. The number of aromatic hydroxyl groups is 1. The van der Waals surface area contributed by atoms with Crippen LogP contribution in [0.5, 0.6) is 11.5 Å². The Morgan fingerprint density at radius 1 is 1.56 bits per heavy atom. The predicted octanol–water partition coefficient (Wildman–Crippen LogP) is 1.74. The number of rotatable bonds is 2. The molecule has 1 unspecified atom stereocenters. The highest BCUT2D eigenvalue weighted by Gasteiger charge is 2.30. The summed E-state index contributed by atoms with van der Waals surface area (Å²) >= 11 is 5.90. The lowest BCUT2D eigenvalue weighted by atomic mass is 10.2. The fourth-order valence-electron chi connectivity index (χ4n) is 1.74. The maximum atomic E-state index is 11.6. The Labute approximate surface area is 98.4 Å². The van der Waals surface area contributed by atoms with Gasteiger partial charge in [0.2, 0.25) is 5.91 Å². The number of hydrogen-bond acceptors (Lipinski definition) is 3. The van der Waals surface area contributed by atoms with Gasteiger partial charge in [0, 0.05) is 19.0 Å². The third kappa shape index (κ3) is 1.93. The number of amides is 1. The van der Waals surface area contributed by atoms with E-state index in [-0.39, 0.29) is 17.0 Å². The number of benzene rings is 1. The van der Waals surface area contributed by atoms with E-state index in [2.05, 4.69) is 0 Å². The molecule has 4 nitrogen and oxygen atoms in total. The van der Waals surface area contributed by atoms with Crippen molar-refractivity contribution in [1.29, 1.82) is 0 Å². The Hall–Kier alpha value is -1.42. The smallest absolute Gasteiger partial charge is 0.228 e. The number of alkyl halides is 1. The summed E-state index contributed by atoms with van der Waals surface area (Å²) in [6.07, 6.45) is 0.304. The van der Waals surface area contributed by atoms with E-state index in [0.29, 0.717) is 24.4 Å². The van der Waals surface area contributed by atoms with Crippen LogP contribution in [-0.2, 0) is 4.79 Å². The fraction of sp³-hybridized carbons (Fsp3) is 0.364. The van der Waals surface area contributed by atoms with Crippen LogP contribution in [0.3, 0.4) is 0 Å². The van der Waals surface area contributed by atoms with Crippen molar-refractivity contribution >= 4 is 23.2 Å². The van der Waals surface area contributed by atoms with Crippen molar-refractivity contribution in [2.75, 3.05) is 18.6 Å². The van der Waals surface area contributed by atoms with Crippen molar-refractivity contribution in [2.45, 2.75) is 11.8 Å². The van der Waals surface area contributed by atoms with Gasteiger partial charge in [0.25, 0.3) is 0 Å². The van der Waals surface area contributed by atoms with Gasteiger partial charge in [-0.1, -0.05) is 0 Å². The fourth-order valence-corrected chi connectivity index (χ4v) is 2.01. The lowest BCUT2D eigenvalue weighted by molar-refractivity contribution is -0.117. The van der Waals surface area contributed by atoms with Gasteiger partial charge >= 0.3 is 0 Å². The molecule has 1 saturated heterocycles. The summed E-state index contributed by atoms with van der Waals surface area (Å²) in [5, 5.41) is 9.51. The van der Waals surface area contributed by atoms with Gasteiger partial charge in [-0.2, -0.15) is 0 Å². The summed E-state index contributed by atoms with van der Waals surface area (Å²) in [5.41, 5.74) is 0.451. The summed E-state index contributed by atoms with van der Waals surface area (Å²) in [5.74, 6) is 0.571. The highest BCUT2D eigenvalue weighted by atomic mass is 35.5. The molecule has 1 aliphatic heterocycles. The van der Waals surface area contributed by atoms with Crippen molar-refractivity contribution in [3.8, 4) is 11.5 Å². The zero-order chi connectivity index (χ0) is 11.7. The van der Waals surface area contributed by atoms with E-state index in [1.165, 1.54) is 18.1 Å². The minimum absolute atomic E-state index is 0.0555. The van der Waals surface area contributed by atoms with Gasteiger partial charge in [0.05, 0.1) is 18.2 Å². The minimum atomic E-state index is -0.196. The summed E-state index contributed by atoms with van der Waals surface area (Å²) in [7, 11) is 1.53. The van der Waals surface area contributed by atoms with Crippen LogP contribution < -0.4 is 9.64 Å². The van der Waals surface area contributed by atoms with E-state index in [9.17, 15) is 9.90 Å². The molecule has 0 aliphatic carbocycles. The van der Waals surface area contributed by atoms with Crippen LogP contribution in [-0.4, -0.2) is 30.0 Å². The lowest BCUT2D eigenvalue weighted by Gasteiger charge is -2.17. The zero-order valence-electron chi connectivity index (χ0n) is 8.81. The number of methoxy groups -OCH3 is 1. The second-order valence-electron chi connectivity index (χ2n) is 3.66. The molecule has 0 spiro atoms. The first-order chi connectivity index (χ1) is 7.61. The van der Waals surface area contributed by atoms with Crippen LogP contribution in [0.15, 0.2) is 18.2 Å². The van der Waals surface area contributed by atoms with Crippen molar-refractivity contribution in [3.05, 3.63) is 18.2 Å². The standard InChI is InChI=1S/C11H12ClNO3/c1-16-8-2-3-10(14)9(5-8)13-6-7(12)4-11(13)15/h2-3,5,7,14H,4,6H2,1H3. The average molecular weight is 242 g/mol. The monoisotopic (exact) mass is 241 g/mol. The number of anilines is 1. The SMILES string of the molecule is COc1ccc(O)c(N2CC(Cl)CC2=O)c1. The van der Waals surface area contributed by atoms with E-state index in [0.717, 1.165) is 0 Å². The molecule has 1 aromatic carbocycles. The average Bonchev–Trinajstić information content (AvgIpc) is 2.58. The third-order valence-corrected chi connectivity index (χ3v) is 2.84. The zero-order valence-corrected chi connectivity index (χ0v) is 9.57. The molecule has 1 fully saturated rings. The molecule has 1 amide bonds. The quantitative estimate of drug-likeness (QED) is 0.803. The highest BCUT2D eigenvalue weighted by Crippen LogP contribution is 2.34. The molecule has 0 bridgehead atoms. The van der Waals surface area contributed by atoms with E-state index in [1.807, 2.05) is 0 Å². The maximum Gasteiger partial charge on any atom is 0.228 e. The van der Waals surface area contributed by atoms with Crippen molar-refractivity contribution in [3.63, 3.8) is 0 Å². The molecule has 1 N–H and O–H groups in total. The summed E-state index contributed by atoms with van der Waals surface area (Å²) < 4.78 is 5.05. The third-order valence-electron chi connectivity index (χ3n) is 2.55. The molecule has 0 aromatic heterocycles. The molecule has 1 aliphatic rings. The second-order valence-corrected chi connectivity index (χ2v) is 4.28. The van der Waals surface area contributed by atoms with Gasteiger partial charge in [-0.05, 0) is 12.1 Å². The van der Waals surface area contributed by atoms with Crippen LogP contribution in [0, 0.1) is 0 Å². The van der Waals surface area contributed by atoms with Gasteiger partial charge in [-0.25, -0.2) is 0 Å². The normalized spacial score (nSPS) is 20.2. The number of hydrogen-bond donors (Lipinski definition) is 1. The number of carbonyl (C=O) groups excluding carboxylic acids is 1. The van der Waals surface area contributed by atoms with E-state index < -0.39 is 0 Å². The van der Waals surface area contributed by atoms with Gasteiger partial charge in [0.15, 0.2) is 0 Å². The van der Waals surface area contributed by atoms with Crippen LogP contribution >= 0.6 is 11.6 Å².